The molecule has 7 nitrogen and oxygen atoms in total. The average Bonchev–Trinajstić information content (AvgIpc) is 3.20. The van der Waals surface area contributed by atoms with E-state index in [1.54, 1.807) is 12.1 Å². The zero-order chi connectivity index (χ0) is 22.8. The quantitative estimate of drug-likeness (QED) is 0.603. The summed E-state index contributed by atoms with van der Waals surface area (Å²) in [5.74, 6) is 0.0757. The Kier molecular flexibility index (Phi) is 5.90. The highest BCUT2D eigenvalue weighted by Gasteiger charge is 2.42. The van der Waals surface area contributed by atoms with Gasteiger partial charge < -0.3 is 24.2 Å². The summed E-state index contributed by atoms with van der Waals surface area (Å²) >= 11 is 0. The van der Waals surface area contributed by atoms with Gasteiger partial charge in [0, 0.05) is 6.42 Å². The Balaban J connectivity index is 2.01. The fourth-order valence-electron chi connectivity index (χ4n) is 4.51. The van der Waals surface area contributed by atoms with Crippen LogP contribution in [0.1, 0.15) is 30.0 Å². The maximum atomic E-state index is 13.0. The smallest absolute Gasteiger partial charge is 0.326 e. The monoisotopic (exact) mass is 435 g/mol. The van der Waals surface area contributed by atoms with Crippen LogP contribution < -0.4 is 14.2 Å². The molecule has 0 saturated carbocycles. The van der Waals surface area contributed by atoms with Gasteiger partial charge in [-0.15, -0.1) is 0 Å². The van der Waals surface area contributed by atoms with Crippen molar-refractivity contribution in [3.8, 4) is 17.2 Å². The van der Waals surface area contributed by atoms with Crippen LogP contribution >= 0.6 is 0 Å². The fourth-order valence-corrected chi connectivity index (χ4v) is 4.51. The topological polar surface area (TPSA) is 85.3 Å². The van der Waals surface area contributed by atoms with E-state index in [1.165, 1.54) is 26.2 Å². The van der Waals surface area contributed by atoms with Gasteiger partial charge in [-0.3, -0.25) is 4.79 Å². The molecule has 1 N–H and O–H groups in total. The third-order valence-corrected chi connectivity index (χ3v) is 5.94. The van der Waals surface area contributed by atoms with Crippen LogP contribution in [0, 0.1) is 0 Å². The van der Waals surface area contributed by atoms with E-state index in [0.29, 0.717) is 22.8 Å². The van der Waals surface area contributed by atoms with Crippen molar-refractivity contribution in [1.82, 2.24) is 4.90 Å². The summed E-state index contributed by atoms with van der Waals surface area (Å²) in [7, 11) is 4.57. The molecule has 1 aliphatic rings. The van der Waals surface area contributed by atoms with Gasteiger partial charge in [-0.1, -0.05) is 42.5 Å². The first-order valence-electron chi connectivity index (χ1n) is 10.3. The molecule has 7 heteroatoms. The first-order valence-corrected chi connectivity index (χ1v) is 10.3. The lowest BCUT2D eigenvalue weighted by atomic mass is 9.91. The van der Waals surface area contributed by atoms with Crippen LogP contribution in [-0.4, -0.2) is 49.3 Å². The van der Waals surface area contributed by atoms with E-state index in [4.69, 9.17) is 14.2 Å². The molecule has 0 spiro atoms. The van der Waals surface area contributed by atoms with Crippen molar-refractivity contribution in [1.29, 1.82) is 0 Å². The highest BCUT2D eigenvalue weighted by atomic mass is 16.5. The van der Waals surface area contributed by atoms with Crippen molar-refractivity contribution < 1.29 is 28.9 Å². The fraction of sp³-hybridized carbons (Fsp3) is 0.280. The molecule has 0 radical (unpaired) electrons. The highest BCUT2D eigenvalue weighted by molar-refractivity contribution is 5.91. The Morgan fingerprint density at radius 1 is 1.00 bits per heavy atom. The maximum Gasteiger partial charge on any atom is 0.326 e. The summed E-state index contributed by atoms with van der Waals surface area (Å²) in [4.78, 5) is 26.6. The minimum Gasteiger partial charge on any atom is -0.493 e. The van der Waals surface area contributed by atoms with Crippen LogP contribution in [0.4, 0.5) is 0 Å². The standard InChI is InChI=1S/C25H25NO6/c1-30-20-13-16(14-21(31-2)24(20)32-3)23(26-19(25(28)29)11-12-22(26)27)18-10-6-8-15-7-4-5-9-17(15)18/h4-10,13-14,19,23H,11-12H2,1-3H3,(H,28,29)/t19?,23-/m0/s1. The van der Waals surface area contributed by atoms with E-state index in [9.17, 15) is 14.7 Å². The molecule has 0 aromatic heterocycles. The van der Waals surface area contributed by atoms with Crippen LogP contribution in [0.25, 0.3) is 10.8 Å². The number of carbonyl (C=O) groups is 2. The molecule has 1 saturated heterocycles. The Labute approximate surface area is 186 Å². The number of likely N-dealkylation sites (tertiary alicyclic amines) is 1. The van der Waals surface area contributed by atoms with Gasteiger partial charge >= 0.3 is 5.97 Å². The number of benzene rings is 3. The zero-order valence-corrected chi connectivity index (χ0v) is 18.2. The second kappa shape index (κ2) is 8.78. The normalized spacial score (nSPS) is 16.8. The van der Waals surface area contributed by atoms with Crippen molar-refractivity contribution >= 4 is 22.6 Å². The number of fused-ring (bicyclic) bond motifs is 1. The number of ether oxygens (including phenoxy) is 3. The van der Waals surface area contributed by atoms with Crippen LogP contribution in [0.2, 0.25) is 0 Å². The number of carboxylic acid groups (broad SMARTS) is 1. The van der Waals surface area contributed by atoms with Gasteiger partial charge in [-0.25, -0.2) is 4.79 Å². The van der Waals surface area contributed by atoms with Gasteiger partial charge in [-0.2, -0.15) is 0 Å². The van der Waals surface area contributed by atoms with Gasteiger partial charge in [0.05, 0.1) is 27.4 Å². The van der Waals surface area contributed by atoms with E-state index in [1.807, 2.05) is 42.5 Å². The molecule has 3 aromatic rings. The van der Waals surface area contributed by atoms with Crippen LogP contribution in [0.15, 0.2) is 54.6 Å². The van der Waals surface area contributed by atoms with Crippen molar-refractivity contribution in [3.63, 3.8) is 0 Å². The largest absolute Gasteiger partial charge is 0.493 e. The number of rotatable bonds is 7. The minimum absolute atomic E-state index is 0.183. The lowest BCUT2D eigenvalue weighted by Crippen LogP contribution is -2.41. The number of nitrogens with zero attached hydrogens (tertiary/aromatic N) is 1. The number of methoxy groups -OCH3 is 3. The number of carboxylic acids is 1. The highest BCUT2D eigenvalue weighted by Crippen LogP contribution is 2.45. The third-order valence-electron chi connectivity index (χ3n) is 5.94. The summed E-state index contributed by atoms with van der Waals surface area (Å²) in [6.07, 6.45) is 0.447. The zero-order valence-electron chi connectivity index (χ0n) is 18.2. The van der Waals surface area contributed by atoms with Gasteiger partial charge in [-0.05, 0) is 40.5 Å². The molecule has 1 heterocycles. The summed E-state index contributed by atoms with van der Waals surface area (Å²) in [5.41, 5.74) is 1.51. The van der Waals surface area contributed by atoms with Crippen molar-refractivity contribution in [2.75, 3.05) is 21.3 Å². The third kappa shape index (κ3) is 3.60. The van der Waals surface area contributed by atoms with E-state index in [0.717, 1.165) is 16.3 Å². The Hall–Kier alpha value is -3.74. The molecule has 3 aromatic carbocycles. The van der Waals surface area contributed by atoms with Crippen molar-refractivity contribution in [3.05, 3.63) is 65.7 Å². The lowest BCUT2D eigenvalue weighted by Gasteiger charge is -2.33. The van der Waals surface area contributed by atoms with Crippen LogP contribution in [0.3, 0.4) is 0 Å². The molecule has 4 rings (SSSR count). The predicted molar refractivity (Wildman–Crippen MR) is 119 cm³/mol. The number of carbonyl (C=O) groups excluding carboxylic acids is 1. The predicted octanol–water partition coefficient (Wildman–Crippen LogP) is 4.03. The second-order valence-electron chi connectivity index (χ2n) is 7.62. The molecular weight excluding hydrogens is 410 g/mol. The van der Waals surface area contributed by atoms with E-state index in [2.05, 4.69) is 0 Å². The number of hydrogen-bond acceptors (Lipinski definition) is 5. The van der Waals surface area contributed by atoms with Crippen molar-refractivity contribution in [2.45, 2.75) is 24.9 Å². The molecule has 2 atom stereocenters. The van der Waals surface area contributed by atoms with Crippen LogP contribution in [0.5, 0.6) is 17.2 Å². The van der Waals surface area contributed by atoms with Gasteiger partial charge in [0.15, 0.2) is 11.5 Å². The summed E-state index contributed by atoms with van der Waals surface area (Å²) in [5, 5.41) is 11.8. The first kappa shape index (κ1) is 21.5. The molecule has 1 amide bonds. The van der Waals surface area contributed by atoms with Crippen molar-refractivity contribution in [2.24, 2.45) is 0 Å². The van der Waals surface area contributed by atoms with Crippen LogP contribution in [-0.2, 0) is 9.59 Å². The van der Waals surface area contributed by atoms with Gasteiger partial charge in [0.2, 0.25) is 11.7 Å². The minimum atomic E-state index is -1.02. The molecule has 166 valence electrons. The molecular formula is C25H25NO6. The van der Waals surface area contributed by atoms with Gasteiger partial charge in [0.25, 0.3) is 0 Å². The molecule has 0 bridgehead atoms. The maximum absolute atomic E-state index is 13.0. The number of aliphatic carboxylic acids is 1. The number of hydrogen-bond donors (Lipinski definition) is 1. The lowest BCUT2D eigenvalue weighted by molar-refractivity contribution is -0.147. The molecule has 32 heavy (non-hydrogen) atoms. The second-order valence-corrected chi connectivity index (χ2v) is 7.62. The molecule has 1 aliphatic heterocycles. The van der Waals surface area contributed by atoms with E-state index >= 15 is 0 Å². The molecule has 0 aliphatic carbocycles. The Morgan fingerprint density at radius 3 is 2.28 bits per heavy atom. The first-order chi connectivity index (χ1) is 15.5. The Morgan fingerprint density at radius 2 is 1.66 bits per heavy atom. The number of amides is 1. The SMILES string of the molecule is COc1cc([C@@H](c2cccc3ccccc23)N2C(=O)CCC2C(=O)O)cc(OC)c1OC. The van der Waals surface area contributed by atoms with E-state index in [-0.39, 0.29) is 18.7 Å². The Bertz CT molecular complexity index is 1140. The molecule has 1 unspecified atom stereocenters. The average molecular weight is 435 g/mol. The van der Waals surface area contributed by atoms with Gasteiger partial charge in [0.1, 0.15) is 6.04 Å². The molecule has 1 fully saturated rings. The summed E-state index contributed by atoms with van der Waals surface area (Å²) < 4.78 is 16.5. The summed E-state index contributed by atoms with van der Waals surface area (Å²) in [6.45, 7) is 0. The summed E-state index contributed by atoms with van der Waals surface area (Å²) in [6, 6.07) is 15.7. The van der Waals surface area contributed by atoms with E-state index < -0.39 is 18.1 Å².